The molecule has 0 aromatic heterocycles. The number of para-hydroxylation sites is 1. The Morgan fingerprint density at radius 2 is 1.48 bits per heavy atom. The predicted octanol–water partition coefficient (Wildman–Crippen LogP) is 4.97. The topological polar surface area (TPSA) is 12.5 Å². The molecule has 3 aromatic rings. The van der Waals surface area contributed by atoms with Crippen molar-refractivity contribution in [3.05, 3.63) is 102 Å². The molecule has 3 heteroatoms. The molecule has 1 heterocycles. The summed E-state index contributed by atoms with van der Waals surface area (Å²) in [5, 5.41) is 0. The van der Waals surface area contributed by atoms with Gasteiger partial charge < -0.3 is 9.64 Å². The Kier molecular flexibility index (Phi) is 4.49. The monoisotopic (exact) mass is 333 g/mol. The zero-order valence-corrected chi connectivity index (χ0v) is 13.9. The predicted molar refractivity (Wildman–Crippen MR) is 97.9 cm³/mol. The lowest BCUT2D eigenvalue weighted by atomic mass is 9.90. The maximum Gasteiger partial charge on any atom is 0.123 e. The van der Waals surface area contributed by atoms with Gasteiger partial charge in [-0.15, -0.1) is 0 Å². The second-order valence-electron chi connectivity index (χ2n) is 6.32. The Balaban J connectivity index is 1.54. The number of hydrogen-bond donors (Lipinski definition) is 0. The largest absolute Gasteiger partial charge is 0.369 e. The van der Waals surface area contributed by atoms with Crippen molar-refractivity contribution >= 4 is 5.69 Å². The van der Waals surface area contributed by atoms with Gasteiger partial charge in [0.05, 0.1) is 18.8 Å². The third kappa shape index (κ3) is 3.42. The van der Waals surface area contributed by atoms with E-state index in [2.05, 4.69) is 29.2 Å². The molecule has 25 heavy (non-hydrogen) atoms. The normalized spacial score (nSPS) is 19.5. The summed E-state index contributed by atoms with van der Waals surface area (Å²) in [5.74, 6) is -0.212. The van der Waals surface area contributed by atoms with Crippen LogP contribution in [0.1, 0.15) is 17.2 Å². The molecule has 126 valence electrons. The molecule has 0 bridgehead atoms. The van der Waals surface area contributed by atoms with Crippen LogP contribution in [0.4, 0.5) is 10.1 Å². The smallest absolute Gasteiger partial charge is 0.123 e. The van der Waals surface area contributed by atoms with Gasteiger partial charge in [-0.1, -0.05) is 60.7 Å². The number of nitrogens with zero attached hydrogens (tertiary/aromatic N) is 1. The van der Waals surface area contributed by atoms with E-state index in [1.165, 1.54) is 17.7 Å². The molecule has 0 N–H and O–H groups in total. The lowest BCUT2D eigenvalue weighted by Crippen LogP contribution is -2.55. The molecule has 0 aliphatic carbocycles. The van der Waals surface area contributed by atoms with E-state index in [1.807, 2.05) is 48.5 Å². The number of halogens is 1. The summed E-state index contributed by atoms with van der Waals surface area (Å²) in [4.78, 5) is 2.31. The summed E-state index contributed by atoms with van der Waals surface area (Å²) in [5.41, 5.74) is 3.41. The van der Waals surface area contributed by atoms with E-state index in [9.17, 15) is 4.39 Å². The van der Waals surface area contributed by atoms with Crippen molar-refractivity contribution < 1.29 is 9.13 Å². The molecule has 4 rings (SSSR count). The second kappa shape index (κ2) is 7.08. The highest BCUT2D eigenvalue weighted by molar-refractivity contribution is 5.53. The Labute approximate surface area is 147 Å². The van der Waals surface area contributed by atoms with Crippen LogP contribution in [0, 0.1) is 5.82 Å². The molecule has 3 aromatic carbocycles. The van der Waals surface area contributed by atoms with Crippen LogP contribution in [0.15, 0.2) is 84.9 Å². The minimum absolute atomic E-state index is 0.0888. The molecule has 0 unspecified atom stereocenters. The van der Waals surface area contributed by atoms with E-state index < -0.39 is 0 Å². The van der Waals surface area contributed by atoms with Gasteiger partial charge in [-0.05, 0) is 35.4 Å². The Bertz CT molecular complexity index is 802. The lowest BCUT2D eigenvalue weighted by molar-refractivity contribution is -0.00975. The molecule has 0 radical (unpaired) electrons. The van der Waals surface area contributed by atoms with Crippen molar-refractivity contribution in [2.75, 3.05) is 11.4 Å². The molecule has 1 saturated heterocycles. The van der Waals surface area contributed by atoms with E-state index in [4.69, 9.17) is 4.74 Å². The molecule has 2 atom stereocenters. The summed E-state index contributed by atoms with van der Waals surface area (Å²) < 4.78 is 19.5. The van der Waals surface area contributed by atoms with Crippen LogP contribution in [-0.4, -0.2) is 12.6 Å². The fourth-order valence-electron chi connectivity index (χ4n) is 3.33. The standard InChI is InChI=1S/C22H20FNO/c23-19-13-11-18(12-14-19)22-21(25-16-17-7-3-1-4-8-17)15-24(22)20-9-5-2-6-10-20/h1-14,21-22H,15-16H2/t21-,22-/m1/s1. The van der Waals surface area contributed by atoms with E-state index in [0.717, 1.165) is 17.8 Å². The minimum atomic E-state index is -0.212. The molecule has 2 nitrogen and oxygen atoms in total. The summed E-state index contributed by atoms with van der Waals surface area (Å²) in [6.45, 7) is 1.42. The molecule has 1 aliphatic rings. The first-order valence-electron chi connectivity index (χ1n) is 8.54. The van der Waals surface area contributed by atoms with E-state index in [0.29, 0.717) is 6.61 Å². The van der Waals surface area contributed by atoms with Crippen molar-refractivity contribution in [1.82, 2.24) is 0 Å². The van der Waals surface area contributed by atoms with Crippen LogP contribution < -0.4 is 4.90 Å². The SMILES string of the molecule is Fc1ccc([C@@H]2[C@H](OCc3ccccc3)CN2c2ccccc2)cc1. The van der Waals surface area contributed by atoms with Gasteiger partial charge in [0.1, 0.15) is 5.82 Å². The third-order valence-corrected chi connectivity index (χ3v) is 4.67. The van der Waals surface area contributed by atoms with Gasteiger partial charge in [0.15, 0.2) is 0 Å². The first-order chi connectivity index (χ1) is 12.3. The summed E-state index contributed by atoms with van der Waals surface area (Å²) in [7, 11) is 0. The van der Waals surface area contributed by atoms with Gasteiger partial charge in [0.2, 0.25) is 0 Å². The maximum atomic E-state index is 13.3. The van der Waals surface area contributed by atoms with Crippen molar-refractivity contribution in [3.63, 3.8) is 0 Å². The highest BCUT2D eigenvalue weighted by Crippen LogP contribution is 2.39. The summed E-state index contributed by atoms with van der Waals surface area (Å²) in [6, 6.07) is 27.3. The fraction of sp³-hybridized carbons (Fsp3) is 0.182. The Morgan fingerprint density at radius 1 is 0.840 bits per heavy atom. The average molecular weight is 333 g/mol. The Morgan fingerprint density at radius 3 is 2.16 bits per heavy atom. The first-order valence-corrected chi connectivity index (χ1v) is 8.54. The first kappa shape index (κ1) is 15.9. The lowest BCUT2D eigenvalue weighted by Gasteiger charge is -2.49. The van der Waals surface area contributed by atoms with E-state index >= 15 is 0 Å². The molecular formula is C22H20FNO. The highest BCUT2D eigenvalue weighted by atomic mass is 19.1. The third-order valence-electron chi connectivity index (χ3n) is 4.67. The number of benzene rings is 3. The summed E-state index contributed by atoms with van der Waals surface area (Å²) >= 11 is 0. The van der Waals surface area contributed by atoms with Gasteiger partial charge in [-0.2, -0.15) is 0 Å². The molecule has 0 amide bonds. The van der Waals surface area contributed by atoms with Crippen molar-refractivity contribution in [2.24, 2.45) is 0 Å². The van der Waals surface area contributed by atoms with Crippen LogP contribution in [0.25, 0.3) is 0 Å². The van der Waals surface area contributed by atoms with Crippen LogP contribution in [0.3, 0.4) is 0 Å². The minimum Gasteiger partial charge on any atom is -0.369 e. The van der Waals surface area contributed by atoms with Crippen LogP contribution >= 0.6 is 0 Å². The number of rotatable bonds is 5. The summed E-state index contributed by atoms with van der Waals surface area (Å²) in [6.07, 6.45) is 0.0888. The average Bonchev–Trinajstić information content (AvgIpc) is 2.64. The zero-order chi connectivity index (χ0) is 17.1. The number of anilines is 1. The van der Waals surface area contributed by atoms with Crippen LogP contribution in [0.2, 0.25) is 0 Å². The van der Waals surface area contributed by atoms with Gasteiger partial charge in [0.25, 0.3) is 0 Å². The van der Waals surface area contributed by atoms with Crippen molar-refractivity contribution in [3.8, 4) is 0 Å². The fourth-order valence-corrected chi connectivity index (χ4v) is 3.33. The molecular weight excluding hydrogens is 313 g/mol. The zero-order valence-electron chi connectivity index (χ0n) is 13.9. The van der Waals surface area contributed by atoms with Gasteiger partial charge in [-0.25, -0.2) is 4.39 Å². The molecule has 1 aliphatic heterocycles. The van der Waals surface area contributed by atoms with E-state index in [-0.39, 0.29) is 18.0 Å². The van der Waals surface area contributed by atoms with Gasteiger partial charge in [-0.3, -0.25) is 0 Å². The maximum absolute atomic E-state index is 13.3. The van der Waals surface area contributed by atoms with Gasteiger partial charge >= 0.3 is 0 Å². The molecule has 0 spiro atoms. The second-order valence-corrected chi connectivity index (χ2v) is 6.32. The van der Waals surface area contributed by atoms with Crippen LogP contribution in [-0.2, 0) is 11.3 Å². The Hall–Kier alpha value is -2.65. The number of ether oxygens (including phenoxy) is 1. The molecule has 0 saturated carbocycles. The number of hydrogen-bond acceptors (Lipinski definition) is 2. The molecule has 1 fully saturated rings. The van der Waals surface area contributed by atoms with Crippen molar-refractivity contribution in [1.29, 1.82) is 0 Å². The van der Waals surface area contributed by atoms with Crippen molar-refractivity contribution in [2.45, 2.75) is 18.8 Å². The van der Waals surface area contributed by atoms with Gasteiger partial charge in [0, 0.05) is 12.2 Å². The van der Waals surface area contributed by atoms with Crippen LogP contribution in [0.5, 0.6) is 0 Å². The quantitative estimate of drug-likeness (QED) is 0.653. The van der Waals surface area contributed by atoms with E-state index in [1.54, 1.807) is 0 Å². The highest BCUT2D eigenvalue weighted by Gasteiger charge is 2.40.